The van der Waals surface area contributed by atoms with Crippen LogP contribution >= 0.6 is 0 Å². The lowest BCUT2D eigenvalue weighted by molar-refractivity contribution is 0.192. The maximum absolute atomic E-state index is 5.05. The molecule has 0 saturated heterocycles. The maximum Gasteiger partial charge on any atom is 0.0462 e. The first-order valence-corrected chi connectivity index (χ1v) is 6.78. The van der Waals surface area contributed by atoms with Gasteiger partial charge in [-0.2, -0.15) is 0 Å². The van der Waals surface area contributed by atoms with Crippen LogP contribution in [-0.4, -0.2) is 26.3 Å². The van der Waals surface area contributed by atoms with Crippen LogP contribution in [0.4, 0.5) is 0 Å². The van der Waals surface area contributed by atoms with E-state index in [1.54, 1.807) is 7.11 Å². The molecule has 0 aromatic carbocycles. The zero-order chi connectivity index (χ0) is 12.4. The number of unbranched alkanes of at least 4 members (excludes halogenated alkanes) is 1. The summed E-state index contributed by atoms with van der Waals surface area (Å²) in [5.41, 5.74) is 0. The van der Waals surface area contributed by atoms with Gasteiger partial charge in [0, 0.05) is 19.8 Å². The third kappa shape index (κ3) is 10.4. The number of rotatable bonds is 10. The number of methoxy groups -OCH3 is 1. The van der Waals surface area contributed by atoms with E-state index in [2.05, 4.69) is 33.0 Å². The smallest absolute Gasteiger partial charge is 0.0462 e. The summed E-state index contributed by atoms with van der Waals surface area (Å²) in [4.78, 5) is 0. The van der Waals surface area contributed by atoms with E-state index in [9.17, 15) is 0 Å². The average Bonchev–Trinajstić information content (AvgIpc) is 2.15. The van der Waals surface area contributed by atoms with Gasteiger partial charge < -0.3 is 10.1 Å². The first-order valence-electron chi connectivity index (χ1n) is 6.78. The second-order valence-electron chi connectivity index (χ2n) is 5.61. The van der Waals surface area contributed by atoms with E-state index in [4.69, 9.17) is 4.74 Å². The van der Waals surface area contributed by atoms with Crippen LogP contribution in [0.25, 0.3) is 0 Å². The van der Waals surface area contributed by atoms with Crippen LogP contribution in [0.5, 0.6) is 0 Å². The van der Waals surface area contributed by atoms with Gasteiger partial charge in [0.2, 0.25) is 0 Å². The number of nitrogens with one attached hydrogen (secondary N) is 1. The topological polar surface area (TPSA) is 21.3 Å². The molecule has 1 N–H and O–H groups in total. The Morgan fingerprint density at radius 1 is 0.938 bits per heavy atom. The van der Waals surface area contributed by atoms with E-state index in [-0.39, 0.29) is 0 Å². The minimum atomic E-state index is 0.697. The summed E-state index contributed by atoms with van der Waals surface area (Å²) < 4.78 is 5.05. The molecule has 0 heterocycles. The molecule has 0 bridgehead atoms. The lowest BCUT2D eigenvalue weighted by Gasteiger charge is -2.22. The van der Waals surface area contributed by atoms with Gasteiger partial charge in [0.05, 0.1) is 0 Å². The summed E-state index contributed by atoms with van der Waals surface area (Å²) >= 11 is 0. The van der Waals surface area contributed by atoms with E-state index in [0.717, 1.165) is 25.0 Å². The average molecular weight is 229 g/mol. The monoisotopic (exact) mass is 229 g/mol. The Morgan fingerprint density at radius 3 is 1.94 bits per heavy atom. The van der Waals surface area contributed by atoms with Crippen molar-refractivity contribution in [1.29, 1.82) is 0 Å². The Balaban J connectivity index is 3.65. The second kappa shape index (κ2) is 10.1. The first-order chi connectivity index (χ1) is 7.56. The molecule has 0 spiro atoms. The van der Waals surface area contributed by atoms with Gasteiger partial charge in [-0.3, -0.25) is 0 Å². The van der Waals surface area contributed by atoms with Gasteiger partial charge in [-0.15, -0.1) is 0 Å². The highest BCUT2D eigenvalue weighted by atomic mass is 16.5. The van der Waals surface area contributed by atoms with Crippen LogP contribution in [0.3, 0.4) is 0 Å². The zero-order valence-electron chi connectivity index (χ0n) is 11.9. The largest absolute Gasteiger partial charge is 0.385 e. The van der Waals surface area contributed by atoms with Crippen molar-refractivity contribution >= 4 is 0 Å². The fraction of sp³-hybridized carbons (Fsp3) is 1.00. The van der Waals surface area contributed by atoms with Gasteiger partial charge >= 0.3 is 0 Å². The van der Waals surface area contributed by atoms with Gasteiger partial charge in [0.25, 0.3) is 0 Å². The van der Waals surface area contributed by atoms with Crippen molar-refractivity contribution in [3.05, 3.63) is 0 Å². The molecule has 0 unspecified atom stereocenters. The lowest BCUT2D eigenvalue weighted by Crippen LogP contribution is -2.32. The quantitative estimate of drug-likeness (QED) is 0.579. The van der Waals surface area contributed by atoms with Gasteiger partial charge in [-0.1, -0.05) is 27.7 Å². The maximum atomic E-state index is 5.05. The highest BCUT2D eigenvalue weighted by Gasteiger charge is 2.11. The van der Waals surface area contributed by atoms with E-state index < -0.39 is 0 Å². The Bertz CT molecular complexity index is 136. The zero-order valence-corrected chi connectivity index (χ0v) is 11.9. The molecule has 0 rings (SSSR count). The van der Waals surface area contributed by atoms with E-state index >= 15 is 0 Å². The fourth-order valence-corrected chi connectivity index (χ4v) is 2.08. The van der Waals surface area contributed by atoms with Crippen molar-refractivity contribution in [1.82, 2.24) is 5.32 Å². The summed E-state index contributed by atoms with van der Waals surface area (Å²) in [6, 6.07) is 0.697. The molecule has 0 aliphatic heterocycles. The Kier molecular flexibility index (Phi) is 10.0. The second-order valence-corrected chi connectivity index (χ2v) is 5.61. The molecule has 0 aliphatic rings. The Labute approximate surface area is 102 Å². The van der Waals surface area contributed by atoms with Crippen molar-refractivity contribution in [3.63, 3.8) is 0 Å². The van der Waals surface area contributed by atoms with Gasteiger partial charge in [-0.05, 0) is 44.1 Å². The van der Waals surface area contributed by atoms with Crippen LogP contribution in [0.1, 0.15) is 53.4 Å². The summed E-state index contributed by atoms with van der Waals surface area (Å²) in [7, 11) is 1.77. The number of hydrogen-bond donors (Lipinski definition) is 1. The standard InChI is InChI=1S/C14H31NO/c1-12(2)10-14(11-13(3)4)15-8-6-7-9-16-5/h12-15H,6-11H2,1-5H3. The van der Waals surface area contributed by atoms with Crippen molar-refractivity contribution in [2.24, 2.45) is 11.8 Å². The highest BCUT2D eigenvalue weighted by Crippen LogP contribution is 2.13. The van der Waals surface area contributed by atoms with Crippen molar-refractivity contribution < 1.29 is 4.74 Å². The van der Waals surface area contributed by atoms with Crippen LogP contribution in [-0.2, 0) is 4.74 Å². The molecule has 0 saturated carbocycles. The SMILES string of the molecule is COCCCCNC(CC(C)C)CC(C)C. The van der Waals surface area contributed by atoms with Crippen molar-refractivity contribution in [2.45, 2.75) is 59.4 Å². The van der Waals surface area contributed by atoms with E-state index in [0.29, 0.717) is 6.04 Å². The van der Waals surface area contributed by atoms with Crippen LogP contribution in [0.2, 0.25) is 0 Å². The molecule has 0 fully saturated rings. The van der Waals surface area contributed by atoms with Crippen molar-refractivity contribution in [3.8, 4) is 0 Å². The summed E-state index contributed by atoms with van der Waals surface area (Å²) in [6.07, 6.45) is 4.98. The van der Waals surface area contributed by atoms with Gasteiger partial charge in [0.15, 0.2) is 0 Å². The molecule has 0 aromatic rings. The van der Waals surface area contributed by atoms with E-state index in [1.165, 1.54) is 25.7 Å². The summed E-state index contributed by atoms with van der Waals surface area (Å²) in [6.45, 7) is 11.2. The minimum Gasteiger partial charge on any atom is -0.385 e. The molecule has 0 amide bonds. The molecular weight excluding hydrogens is 198 g/mol. The third-order valence-electron chi connectivity index (χ3n) is 2.72. The van der Waals surface area contributed by atoms with Crippen LogP contribution in [0.15, 0.2) is 0 Å². The third-order valence-corrected chi connectivity index (χ3v) is 2.72. The highest BCUT2D eigenvalue weighted by molar-refractivity contribution is 4.70. The first kappa shape index (κ1) is 15.9. The Hall–Kier alpha value is -0.0800. The normalized spacial score (nSPS) is 12.0. The molecular formula is C14H31NO. The van der Waals surface area contributed by atoms with Gasteiger partial charge in [0.1, 0.15) is 0 Å². The minimum absolute atomic E-state index is 0.697. The molecule has 0 atom stereocenters. The van der Waals surface area contributed by atoms with E-state index in [1.807, 2.05) is 0 Å². The van der Waals surface area contributed by atoms with Crippen molar-refractivity contribution in [2.75, 3.05) is 20.3 Å². The lowest BCUT2D eigenvalue weighted by atomic mass is 9.95. The molecule has 2 heteroatoms. The van der Waals surface area contributed by atoms with Crippen LogP contribution < -0.4 is 5.32 Å². The number of hydrogen-bond acceptors (Lipinski definition) is 2. The molecule has 2 nitrogen and oxygen atoms in total. The van der Waals surface area contributed by atoms with Crippen LogP contribution in [0, 0.1) is 11.8 Å². The predicted molar refractivity (Wildman–Crippen MR) is 71.8 cm³/mol. The summed E-state index contributed by atoms with van der Waals surface area (Å²) in [5, 5.41) is 3.69. The fourth-order valence-electron chi connectivity index (χ4n) is 2.08. The Morgan fingerprint density at radius 2 is 1.50 bits per heavy atom. The molecule has 0 aliphatic carbocycles. The van der Waals surface area contributed by atoms with Gasteiger partial charge in [-0.25, -0.2) is 0 Å². The number of ether oxygens (including phenoxy) is 1. The summed E-state index contributed by atoms with van der Waals surface area (Å²) in [5.74, 6) is 1.57. The molecule has 98 valence electrons. The molecule has 0 aromatic heterocycles. The molecule has 16 heavy (non-hydrogen) atoms. The predicted octanol–water partition coefficient (Wildman–Crippen LogP) is 3.46. The molecule has 0 radical (unpaired) electrons.